The van der Waals surface area contributed by atoms with Crippen LogP contribution >= 0.6 is 0 Å². The van der Waals surface area contributed by atoms with Crippen LogP contribution in [0.4, 0.5) is 5.82 Å². The minimum Gasteiger partial charge on any atom is -0.396 e. The SMILES string of the molecule is Nc1ncccc1CN1CCC2(CC1)CCN(C(=O)C1CCCC1)C[C@H]2CO. The number of rotatable bonds is 4. The lowest BCUT2D eigenvalue weighted by atomic mass is 9.64. The normalized spacial score (nSPS) is 26.0. The lowest BCUT2D eigenvalue weighted by molar-refractivity contribution is -0.142. The van der Waals surface area contributed by atoms with E-state index >= 15 is 0 Å². The van der Waals surface area contributed by atoms with Crippen molar-refractivity contribution in [1.29, 1.82) is 0 Å². The smallest absolute Gasteiger partial charge is 0.225 e. The van der Waals surface area contributed by atoms with Gasteiger partial charge in [0.15, 0.2) is 0 Å². The van der Waals surface area contributed by atoms with Crippen molar-refractivity contribution in [3.63, 3.8) is 0 Å². The highest BCUT2D eigenvalue weighted by Gasteiger charge is 2.46. The molecule has 2 aliphatic heterocycles. The number of carbonyl (C=O) groups excluding carboxylic acids is 1. The summed E-state index contributed by atoms with van der Waals surface area (Å²) in [5, 5.41) is 10.1. The molecule has 6 heteroatoms. The van der Waals surface area contributed by atoms with Crippen LogP contribution in [0.2, 0.25) is 0 Å². The number of piperidine rings is 2. The highest BCUT2D eigenvalue weighted by Crippen LogP contribution is 2.46. The molecule has 3 fully saturated rings. The highest BCUT2D eigenvalue weighted by atomic mass is 16.3. The molecule has 1 amide bonds. The predicted octanol–water partition coefficient (Wildman–Crippen LogP) is 2.28. The van der Waals surface area contributed by atoms with Crippen molar-refractivity contribution in [3.05, 3.63) is 23.9 Å². The number of pyridine rings is 1. The largest absolute Gasteiger partial charge is 0.396 e. The molecular formula is C22H34N4O2. The van der Waals surface area contributed by atoms with Gasteiger partial charge >= 0.3 is 0 Å². The molecule has 0 unspecified atom stereocenters. The number of nitrogens with two attached hydrogens (primary N) is 1. The summed E-state index contributed by atoms with van der Waals surface area (Å²) in [5.74, 6) is 1.41. The molecule has 1 aliphatic carbocycles. The number of hydrogen-bond donors (Lipinski definition) is 2. The van der Waals surface area contributed by atoms with Gasteiger partial charge in [-0.3, -0.25) is 9.69 Å². The zero-order valence-corrected chi connectivity index (χ0v) is 16.9. The standard InChI is InChI=1S/C22H34N4O2/c23-20-18(6-3-10-24-20)14-25-11-7-22(8-12-25)9-13-26(15-19(22)16-27)21(28)17-4-1-2-5-17/h3,6,10,17,19,27H,1-2,4-5,7-9,11-16H2,(H2,23,24)/t19-/m0/s1. The Hall–Kier alpha value is -1.66. The Labute approximate surface area is 168 Å². The second kappa shape index (κ2) is 8.37. The van der Waals surface area contributed by atoms with Crippen LogP contribution in [-0.2, 0) is 11.3 Å². The van der Waals surface area contributed by atoms with Crippen molar-refractivity contribution in [2.24, 2.45) is 17.3 Å². The summed E-state index contributed by atoms with van der Waals surface area (Å²) in [5.41, 5.74) is 7.28. The topological polar surface area (TPSA) is 82.7 Å². The lowest BCUT2D eigenvalue weighted by Gasteiger charge is -2.51. The average molecular weight is 387 g/mol. The summed E-state index contributed by atoms with van der Waals surface area (Å²) >= 11 is 0. The molecule has 6 nitrogen and oxygen atoms in total. The van der Waals surface area contributed by atoms with E-state index in [4.69, 9.17) is 5.73 Å². The van der Waals surface area contributed by atoms with E-state index in [9.17, 15) is 9.90 Å². The zero-order chi connectivity index (χ0) is 19.6. The number of hydrogen-bond acceptors (Lipinski definition) is 5. The fraction of sp³-hybridized carbons (Fsp3) is 0.727. The predicted molar refractivity (Wildman–Crippen MR) is 109 cm³/mol. The summed E-state index contributed by atoms with van der Waals surface area (Å²) in [6.07, 6.45) is 9.42. The first kappa shape index (κ1) is 19.6. The van der Waals surface area contributed by atoms with Gasteiger partial charge in [-0.25, -0.2) is 4.98 Å². The number of aliphatic hydroxyl groups is 1. The van der Waals surface area contributed by atoms with Crippen LogP contribution in [0.15, 0.2) is 18.3 Å². The molecular weight excluding hydrogens is 352 g/mol. The minimum absolute atomic E-state index is 0.179. The fourth-order valence-corrected chi connectivity index (χ4v) is 5.64. The molecule has 1 spiro atoms. The summed E-state index contributed by atoms with van der Waals surface area (Å²) < 4.78 is 0. The van der Waals surface area contributed by atoms with Gasteiger partial charge in [0.1, 0.15) is 5.82 Å². The Kier molecular flexibility index (Phi) is 5.88. The average Bonchev–Trinajstić information content (AvgIpc) is 3.26. The van der Waals surface area contributed by atoms with E-state index in [1.807, 2.05) is 6.07 Å². The third-order valence-corrected chi connectivity index (χ3v) is 7.59. The number of anilines is 1. The number of nitrogens with zero attached hydrogens (tertiary/aromatic N) is 3. The van der Waals surface area contributed by atoms with E-state index in [1.165, 1.54) is 12.8 Å². The molecule has 3 heterocycles. The first-order chi connectivity index (χ1) is 13.6. The number of aliphatic hydroxyl groups excluding tert-OH is 1. The summed E-state index contributed by atoms with van der Waals surface area (Å²) in [7, 11) is 0. The van der Waals surface area contributed by atoms with Crippen LogP contribution in [0.5, 0.6) is 0 Å². The molecule has 1 aromatic heterocycles. The Bertz CT molecular complexity index is 681. The Morgan fingerprint density at radius 1 is 1.21 bits per heavy atom. The van der Waals surface area contributed by atoms with Crippen molar-refractivity contribution in [3.8, 4) is 0 Å². The second-order valence-corrected chi connectivity index (χ2v) is 9.08. The van der Waals surface area contributed by atoms with Gasteiger partial charge < -0.3 is 15.7 Å². The van der Waals surface area contributed by atoms with Crippen molar-refractivity contribution in [2.45, 2.75) is 51.5 Å². The maximum Gasteiger partial charge on any atom is 0.225 e. The van der Waals surface area contributed by atoms with Crippen LogP contribution in [0, 0.1) is 17.3 Å². The zero-order valence-electron chi connectivity index (χ0n) is 16.9. The van der Waals surface area contributed by atoms with Crippen molar-refractivity contribution in [2.75, 3.05) is 38.5 Å². The van der Waals surface area contributed by atoms with Crippen molar-refractivity contribution < 1.29 is 9.90 Å². The Morgan fingerprint density at radius 3 is 2.61 bits per heavy atom. The van der Waals surface area contributed by atoms with Crippen LogP contribution in [0.1, 0.15) is 50.5 Å². The van der Waals surface area contributed by atoms with E-state index in [1.54, 1.807) is 6.20 Å². The molecule has 1 aromatic rings. The number of amides is 1. The number of nitrogen functional groups attached to an aromatic ring is 1. The maximum absolute atomic E-state index is 12.8. The van der Waals surface area contributed by atoms with E-state index < -0.39 is 0 Å². The summed E-state index contributed by atoms with van der Waals surface area (Å²) in [6.45, 7) is 4.65. The van der Waals surface area contributed by atoms with Crippen LogP contribution in [0.3, 0.4) is 0 Å². The van der Waals surface area contributed by atoms with Gasteiger partial charge in [0, 0.05) is 49.8 Å². The first-order valence-electron chi connectivity index (χ1n) is 10.9. The third-order valence-electron chi connectivity index (χ3n) is 7.59. The van der Waals surface area contributed by atoms with Gasteiger partial charge in [-0.05, 0) is 56.7 Å². The molecule has 3 N–H and O–H groups in total. The molecule has 0 radical (unpaired) electrons. The molecule has 1 atom stereocenters. The monoisotopic (exact) mass is 386 g/mol. The van der Waals surface area contributed by atoms with E-state index in [-0.39, 0.29) is 23.9 Å². The number of carbonyl (C=O) groups is 1. The molecule has 28 heavy (non-hydrogen) atoms. The van der Waals surface area contributed by atoms with Gasteiger partial charge in [0.25, 0.3) is 0 Å². The fourth-order valence-electron chi connectivity index (χ4n) is 5.64. The maximum atomic E-state index is 12.8. The molecule has 1 saturated carbocycles. The molecule has 154 valence electrons. The first-order valence-corrected chi connectivity index (χ1v) is 10.9. The van der Waals surface area contributed by atoms with Gasteiger partial charge in [-0.15, -0.1) is 0 Å². The lowest BCUT2D eigenvalue weighted by Crippen LogP contribution is -2.55. The van der Waals surface area contributed by atoms with E-state index in [2.05, 4.69) is 20.9 Å². The van der Waals surface area contributed by atoms with Crippen LogP contribution in [-0.4, -0.2) is 58.6 Å². The van der Waals surface area contributed by atoms with Gasteiger partial charge in [-0.2, -0.15) is 0 Å². The molecule has 3 aliphatic rings. The molecule has 4 rings (SSSR count). The minimum atomic E-state index is 0.179. The van der Waals surface area contributed by atoms with Gasteiger partial charge in [0.05, 0.1) is 0 Å². The van der Waals surface area contributed by atoms with Crippen molar-refractivity contribution in [1.82, 2.24) is 14.8 Å². The Balaban J connectivity index is 1.35. The third kappa shape index (κ3) is 3.90. The molecule has 0 aromatic carbocycles. The molecule has 0 bridgehead atoms. The van der Waals surface area contributed by atoms with E-state index in [0.29, 0.717) is 11.7 Å². The van der Waals surface area contributed by atoms with Crippen LogP contribution in [0.25, 0.3) is 0 Å². The summed E-state index contributed by atoms with van der Waals surface area (Å²) in [4.78, 5) is 21.5. The van der Waals surface area contributed by atoms with E-state index in [0.717, 1.165) is 70.4 Å². The number of aromatic nitrogens is 1. The van der Waals surface area contributed by atoms with Crippen molar-refractivity contribution >= 4 is 11.7 Å². The second-order valence-electron chi connectivity index (χ2n) is 9.08. The number of likely N-dealkylation sites (tertiary alicyclic amines) is 2. The molecule has 2 saturated heterocycles. The highest BCUT2D eigenvalue weighted by molar-refractivity contribution is 5.79. The van der Waals surface area contributed by atoms with Gasteiger partial charge in [-0.1, -0.05) is 18.9 Å². The van der Waals surface area contributed by atoms with Crippen LogP contribution < -0.4 is 5.73 Å². The summed E-state index contributed by atoms with van der Waals surface area (Å²) in [6, 6.07) is 3.99. The quantitative estimate of drug-likeness (QED) is 0.830. The Morgan fingerprint density at radius 2 is 1.93 bits per heavy atom. The van der Waals surface area contributed by atoms with Gasteiger partial charge in [0.2, 0.25) is 5.91 Å².